The molecule has 1 N–H and O–H groups in total. The minimum absolute atomic E-state index is 0.227. The molecule has 2 aromatic carbocycles. The fourth-order valence-corrected chi connectivity index (χ4v) is 2.97. The van der Waals surface area contributed by atoms with Crippen LogP contribution in [0.5, 0.6) is 0 Å². The first-order valence-electron chi connectivity index (χ1n) is 8.23. The third-order valence-electron chi connectivity index (χ3n) is 4.28. The lowest BCUT2D eigenvalue weighted by Gasteiger charge is -2.10. The molecule has 0 fully saturated rings. The molecule has 0 saturated heterocycles. The van der Waals surface area contributed by atoms with Gasteiger partial charge >= 0.3 is 5.63 Å². The monoisotopic (exact) mass is 344 g/mol. The van der Waals surface area contributed by atoms with Gasteiger partial charge in [-0.05, 0) is 56.3 Å². The molecule has 0 bridgehead atoms. The number of benzene rings is 2. The molecule has 4 rings (SSSR count). The SMILES string of the molecule is Cc1ccc2nc(C)c(C(=O)Nc3ccc4oc(=O)ccc4c3)cc2c1. The summed E-state index contributed by atoms with van der Waals surface area (Å²) in [7, 11) is 0. The summed E-state index contributed by atoms with van der Waals surface area (Å²) >= 11 is 0. The molecule has 2 aromatic heterocycles. The van der Waals surface area contributed by atoms with E-state index in [1.54, 1.807) is 24.3 Å². The minimum atomic E-state index is -0.401. The maximum atomic E-state index is 12.7. The Kier molecular flexibility index (Phi) is 3.77. The van der Waals surface area contributed by atoms with Gasteiger partial charge in [0.05, 0.1) is 16.8 Å². The van der Waals surface area contributed by atoms with Crippen molar-refractivity contribution >= 4 is 33.5 Å². The number of aryl methyl sites for hydroxylation is 2. The maximum Gasteiger partial charge on any atom is 0.336 e. The van der Waals surface area contributed by atoms with Gasteiger partial charge in [0, 0.05) is 22.5 Å². The molecule has 0 saturated carbocycles. The molecule has 5 heteroatoms. The van der Waals surface area contributed by atoms with E-state index in [0.29, 0.717) is 22.5 Å². The molecule has 128 valence electrons. The van der Waals surface area contributed by atoms with Gasteiger partial charge < -0.3 is 9.73 Å². The van der Waals surface area contributed by atoms with Crippen molar-refractivity contribution in [1.29, 1.82) is 0 Å². The van der Waals surface area contributed by atoms with E-state index < -0.39 is 5.63 Å². The van der Waals surface area contributed by atoms with E-state index in [0.717, 1.165) is 21.9 Å². The Bertz CT molecular complexity index is 1230. The number of rotatable bonds is 2. The number of carbonyl (C=O) groups is 1. The standard InChI is InChI=1S/C21H16N2O3/c1-12-3-6-18-15(9-12)11-17(13(2)22-18)21(25)23-16-5-7-19-14(10-16)4-8-20(24)26-19/h3-11H,1-2H3,(H,23,25). The van der Waals surface area contributed by atoms with E-state index in [9.17, 15) is 9.59 Å². The summed E-state index contributed by atoms with van der Waals surface area (Å²) in [4.78, 5) is 28.5. The normalized spacial score (nSPS) is 11.0. The van der Waals surface area contributed by atoms with Crippen LogP contribution in [0, 0.1) is 13.8 Å². The number of nitrogens with zero attached hydrogens (tertiary/aromatic N) is 1. The molecule has 2 heterocycles. The van der Waals surface area contributed by atoms with Gasteiger partial charge in [-0.15, -0.1) is 0 Å². The molecule has 0 aliphatic carbocycles. The number of nitrogens with one attached hydrogen (secondary N) is 1. The van der Waals surface area contributed by atoms with Crippen molar-refractivity contribution in [2.45, 2.75) is 13.8 Å². The number of anilines is 1. The zero-order valence-electron chi connectivity index (χ0n) is 14.4. The van der Waals surface area contributed by atoms with Crippen LogP contribution in [0.3, 0.4) is 0 Å². The van der Waals surface area contributed by atoms with Crippen LogP contribution in [0.15, 0.2) is 63.8 Å². The number of amides is 1. The lowest BCUT2D eigenvalue weighted by atomic mass is 10.1. The molecule has 0 spiro atoms. The second kappa shape index (κ2) is 6.11. The smallest absolute Gasteiger partial charge is 0.336 e. The average molecular weight is 344 g/mol. The molecular weight excluding hydrogens is 328 g/mol. The molecule has 26 heavy (non-hydrogen) atoms. The Balaban J connectivity index is 1.69. The average Bonchev–Trinajstić information content (AvgIpc) is 2.61. The first-order chi connectivity index (χ1) is 12.5. The zero-order chi connectivity index (χ0) is 18.3. The second-order valence-electron chi connectivity index (χ2n) is 6.28. The van der Waals surface area contributed by atoms with Crippen molar-refractivity contribution in [3.63, 3.8) is 0 Å². The molecule has 0 unspecified atom stereocenters. The van der Waals surface area contributed by atoms with Crippen LogP contribution in [-0.4, -0.2) is 10.9 Å². The predicted molar refractivity (Wildman–Crippen MR) is 102 cm³/mol. The lowest BCUT2D eigenvalue weighted by Crippen LogP contribution is -2.14. The molecule has 0 atom stereocenters. The lowest BCUT2D eigenvalue weighted by molar-refractivity contribution is 0.102. The molecular formula is C21H16N2O3. The van der Waals surface area contributed by atoms with Crippen molar-refractivity contribution in [1.82, 2.24) is 4.98 Å². The summed E-state index contributed by atoms with van der Waals surface area (Å²) in [5, 5.41) is 4.56. The topological polar surface area (TPSA) is 72.2 Å². The Labute approximate surface area is 149 Å². The Hall–Kier alpha value is -3.47. The van der Waals surface area contributed by atoms with Gasteiger partial charge in [-0.25, -0.2) is 4.79 Å². The van der Waals surface area contributed by atoms with Crippen LogP contribution in [0.1, 0.15) is 21.6 Å². The highest BCUT2D eigenvalue weighted by Gasteiger charge is 2.12. The van der Waals surface area contributed by atoms with Crippen molar-refractivity contribution in [2.75, 3.05) is 5.32 Å². The van der Waals surface area contributed by atoms with E-state index in [4.69, 9.17) is 4.42 Å². The van der Waals surface area contributed by atoms with Crippen molar-refractivity contribution in [2.24, 2.45) is 0 Å². The third-order valence-corrected chi connectivity index (χ3v) is 4.28. The highest BCUT2D eigenvalue weighted by Crippen LogP contribution is 2.21. The number of carbonyl (C=O) groups excluding carboxylic acids is 1. The van der Waals surface area contributed by atoms with E-state index in [1.807, 2.05) is 38.1 Å². The van der Waals surface area contributed by atoms with Gasteiger partial charge in [-0.1, -0.05) is 11.6 Å². The van der Waals surface area contributed by atoms with Crippen molar-refractivity contribution < 1.29 is 9.21 Å². The first-order valence-corrected chi connectivity index (χ1v) is 8.23. The van der Waals surface area contributed by atoms with Gasteiger partial charge in [-0.3, -0.25) is 9.78 Å². The number of hydrogen-bond donors (Lipinski definition) is 1. The van der Waals surface area contributed by atoms with Crippen molar-refractivity contribution in [3.05, 3.63) is 81.8 Å². The summed E-state index contributed by atoms with van der Waals surface area (Å²) in [6, 6.07) is 16.0. The van der Waals surface area contributed by atoms with Gasteiger partial charge in [0.1, 0.15) is 5.58 Å². The fraction of sp³-hybridized carbons (Fsp3) is 0.0952. The van der Waals surface area contributed by atoms with E-state index >= 15 is 0 Å². The predicted octanol–water partition coefficient (Wildman–Crippen LogP) is 4.21. The summed E-state index contributed by atoms with van der Waals surface area (Å²) in [6.07, 6.45) is 0. The number of fused-ring (bicyclic) bond motifs is 2. The Morgan fingerprint density at radius 1 is 0.962 bits per heavy atom. The van der Waals surface area contributed by atoms with Crippen LogP contribution in [0.25, 0.3) is 21.9 Å². The van der Waals surface area contributed by atoms with E-state index in [2.05, 4.69) is 10.3 Å². The van der Waals surface area contributed by atoms with Crippen LogP contribution >= 0.6 is 0 Å². The largest absolute Gasteiger partial charge is 0.423 e. The quantitative estimate of drug-likeness (QED) is 0.553. The van der Waals surface area contributed by atoms with E-state index in [-0.39, 0.29) is 5.91 Å². The molecule has 4 aromatic rings. The van der Waals surface area contributed by atoms with Crippen LogP contribution in [0.4, 0.5) is 5.69 Å². The second-order valence-corrected chi connectivity index (χ2v) is 6.28. The first kappa shape index (κ1) is 16.0. The molecule has 0 aliphatic rings. The molecule has 1 amide bonds. The number of pyridine rings is 1. The minimum Gasteiger partial charge on any atom is -0.423 e. The zero-order valence-corrected chi connectivity index (χ0v) is 14.4. The van der Waals surface area contributed by atoms with Gasteiger partial charge in [0.2, 0.25) is 0 Å². The van der Waals surface area contributed by atoms with E-state index in [1.165, 1.54) is 6.07 Å². The highest BCUT2D eigenvalue weighted by molar-refractivity contribution is 6.07. The fourth-order valence-electron chi connectivity index (χ4n) is 2.97. The van der Waals surface area contributed by atoms with Gasteiger partial charge in [0.25, 0.3) is 5.91 Å². The Morgan fingerprint density at radius 3 is 2.65 bits per heavy atom. The van der Waals surface area contributed by atoms with Crippen LogP contribution in [-0.2, 0) is 0 Å². The Morgan fingerprint density at radius 2 is 1.81 bits per heavy atom. The van der Waals surface area contributed by atoms with Crippen molar-refractivity contribution in [3.8, 4) is 0 Å². The third kappa shape index (κ3) is 2.95. The highest BCUT2D eigenvalue weighted by atomic mass is 16.4. The maximum absolute atomic E-state index is 12.7. The summed E-state index contributed by atoms with van der Waals surface area (Å²) in [5.41, 5.74) is 3.89. The molecule has 0 aliphatic heterocycles. The van der Waals surface area contributed by atoms with Gasteiger partial charge in [-0.2, -0.15) is 0 Å². The summed E-state index contributed by atoms with van der Waals surface area (Å²) < 4.78 is 5.11. The van der Waals surface area contributed by atoms with Gasteiger partial charge in [0.15, 0.2) is 0 Å². The number of hydrogen-bond acceptors (Lipinski definition) is 4. The van der Waals surface area contributed by atoms with Crippen LogP contribution < -0.4 is 10.9 Å². The molecule has 0 radical (unpaired) electrons. The number of aromatic nitrogens is 1. The molecule has 5 nitrogen and oxygen atoms in total. The summed E-state index contributed by atoms with van der Waals surface area (Å²) in [5.74, 6) is -0.227. The summed E-state index contributed by atoms with van der Waals surface area (Å²) in [6.45, 7) is 3.83. The van der Waals surface area contributed by atoms with Crippen LogP contribution in [0.2, 0.25) is 0 Å².